The molecule has 0 radical (unpaired) electrons. The Morgan fingerprint density at radius 1 is 1.29 bits per heavy atom. The minimum absolute atomic E-state index is 0.174. The normalized spacial score (nSPS) is 13.5. The highest BCUT2D eigenvalue weighted by molar-refractivity contribution is 6.42. The summed E-state index contributed by atoms with van der Waals surface area (Å²) in [7, 11) is 1.62. The lowest BCUT2D eigenvalue weighted by molar-refractivity contribution is 0.191. The average molecular weight is 367 g/mol. The fourth-order valence-electron chi connectivity index (χ4n) is 2.61. The summed E-state index contributed by atoms with van der Waals surface area (Å²) < 4.78 is 1.32. The third-order valence-corrected chi connectivity index (χ3v) is 4.69. The van der Waals surface area contributed by atoms with Gasteiger partial charge in [0.1, 0.15) is 0 Å². The van der Waals surface area contributed by atoms with Crippen LogP contribution in [0.3, 0.4) is 0 Å². The van der Waals surface area contributed by atoms with Crippen LogP contribution in [0.25, 0.3) is 0 Å². The summed E-state index contributed by atoms with van der Waals surface area (Å²) >= 11 is 11.8. The molecule has 0 bridgehead atoms. The number of carbonyl (C=O) groups is 1. The van der Waals surface area contributed by atoms with E-state index in [0.29, 0.717) is 36.1 Å². The molecule has 1 aromatic carbocycles. The van der Waals surface area contributed by atoms with E-state index in [2.05, 4.69) is 10.4 Å². The van der Waals surface area contributed by atoms with Crippen molar-refractivity contribution >= 4 is 29.2 Å². The van der Waals surface area contributed by atoms with E-state index < -0.39 is 0 Å². The first-order chi connectivity index (χ1) is 11.4. The van der Waals surface area contributed by atoms with Gasteiger partial charge in [-0.15, -0.1) is 0 Å². The highest BCUT2D eigenvalue weighted by atomic mass is 35.5. The highest BCUT2D eigenvalue weighted by Gasteiger charge is 2.22. The van der Waals surface area contributed by atoms with E-state index in [1.54, 1.807) is 30.1 Å². The van der Waals surface area contributed by atoms with Gasteiger partial charge in [-0.3, -0.25) is 4.79 Å². The number of halogens is 2. The Bertz CT molecular complexity index is 850. The number of hydrogen-bond donors (Lipinski definition) is 1. The van der Waals surface area contributed by atoms with Crippen LogP contribution in [-0.2, 0) is 26.6 Å². The molecule has 0 unspecified atom stereocenters. The number of benzene rings is 1. The quantitative estimate of drug-likeness (QED) is 0.886. The summed E-state index contributed by atoms with van der Waals surface area (Å²) in [4.78, 5) is 25.7. The third-order valence-electron chi connectivity index (χ3n) is 3.95. The molecule has 2 heterocycles. The van der Waals surface area contributed by atoms with Crippen LogP contribution in [0.5, 0.6) is 0 Å². The van der Waals surface area contributed by atoms with Crippen LogP contribution < -0.4 is 10.9 Å². The molecule has 1 aromatic heterocycles. The molecule has 0 saturated heterocycles. The van der Waals surface area contributed by atoms with Crippen molar-refractivity contribution in [3.05, 3.63) is 61.5 Å². The van der Waals surface area contributed by atoms with E-state index in [9.17, 15) is 9.59 Å². The number of fused-ring (bicyclic) bond motifs is 1. The van der Waals surface area contributed by atoms with Gasteiger partial charge in [0.05, 0.1) is 15.7 Å². The molecule has 24 heavy (non-hydrogen) atoms. The van der Waals surface area contributed by atoms with Crippen molar-refractivity contribution in [1.82, 2.24) is 20.0 Å². The zero-order chi connectivity index (χ0) is 17.3. The minimum Gasteiger partial charge on any atom is -0.334 e. The lowest BCUT2D eigenvalue weighted by atomic mass is 10.1. The molecule has 3 rings (SSSR count). The van der Waals surface area contributed by atoms with Crippen molar-refractivity contribution in [2.45, 2.75) is 19.5 Å². The van der Waals surface area contributed by atoms with Crippen LogP contribution in [0.15, 0.2) is 29.1 Å². The van der Waals surface area contributed by atoms with Gasteiger partial charge in [0, 0.05) is 44.7 Å². The molecule has 0 fully saturated rings. The van der Waals surface area contributed by atoms with Gasteiger partial charge in [0.2, 0.25) is 0 Å². The van der Waals surface area contributed by atoms with Crippen molar-refractivity contribution < 1.29 is 4.79 Å². The average Bonchev–Trinajstić information content (AvgIpc) is 2.56. The molecule has 0 spiro atoms. The second-order valence-electron chi connectivity index (χ2n) is 5.66. The van der Waals surface area contributed by atoms with Crippen molar-refractivity contribution in [2.24, 2.45) is 7.05 Å². The lowest BCUT2D eigenvalue weighted by Crippen LogP contribution is -2.43. The first-order valence-corrected chi connectivity index (χ1v) is 8.22. The number of aryl methyl sites for hydroxylation is 1. The van der Waals surface area contributed by atoms with Crippen molar-refractivity contribution in [3.63, 3.8) is 0 Å². The van der Waals surface area contributed by atoms with E-state index >= 15 is 0 Å². The molecule has 8 heteroatoms. The zero-order valence-electron chi connectivity index (χ0n) is 13.1. The number of nitrogens with zero attached hydrogens (tertiary/aromatic N) is 3. The first-order valence-electron chi connectivity index (χ1n) is 7.47. The summed E-state index contributed by atoms with van der Waals surface area (Å²) in [5.41, 5.74) is 2.36. The van der Waals surface area contributed by atoms with Gasteiger partial charge in [-0.1, -0.05) is 29.3 Å². The van der Waals surface area contributed by atoms with Crippen LogP contribution in [-0.4, -0.2) is 27.3 Å². The van der Waals surface area contributed by atoms with E-state index in [1.807, 2.05) is 6.07 Å². The van der Waals surface area contributed by atoms with Gasteiger partial charge in [-0.2, -0.15) is 5.10 Å². The maximum atomic E-state index is 12.3. The second-order valence-corrected chi connectivity index (χ2v) is 6.47. The Morgan fingerprint density at radius 2 is 2.08 bits per heavy atom. The molecule has 0 saturated carbocycles. The summed E-state index contributed by atoms with van der Waals surface area (Å²) in [6.07, 6.45) is 0.629. The molecule has 1 N–H and O–H groups in total. The van der Waals surface area contributed by atoms with Crippen molar-refractivity contribution in [1.29, 1.82) is 0 Å². The first kappa shape index (κ1) is 16.8. The monoisotopic (exact) mass is 366 g/mol. The number of amides is 2. The summed E-state index contributed by atoms with van der Waals surface area (Å²) in [6.45, 7) is 1.30. The number of hydrogen-bond acceptors (Lipinski definition) is 3. The van der Waals surface area contributed by atoms with Gasteiger partial charge in [0.25, 0.3) is 5.56 Å². The predicted molar refractivity (Wildman–Crippen MR) is 92.3 cm³/mol. The second kappa shape index (κ2) is 6.83. The Morgan fingerprint density at radius 3 is 2.83 bits per heavy atom. The number of aromatic nitrogens is 2. The highest BCUT2D eigenvalue weighted by Crippen LogP contribution is 2.22. The summed E-state index contributed by atoms with van der Waals surface area (Å²) in [5, 5.41) is 8.03. The van der Waals surface area contributed by atoms with E-state index in [0.717, 1.165) is 16.8 Å². The molecule has 2 aromatic rings. The Balaban J connectivity index is 1.64. The molecule has 6 nitrogen and oxygen atoms in total. The standard InChI is InChI=1S/C16H16Cl2N4O2/c1-21-15(23)7-11-9-22(5-4-14(11)20-21)16(24)19-8-10-2-3-12(17)13(18)6-10/h2-3,6-7H,4-5,8-9H2,1H3,(H,19,24). The molecule has 0 aliphatic carbocycles. The van der Waals surface area contributed by atoms with Gasteiger partial charge in [0.15, 0.2) is 0 Å². The molecular formula is C16H16Cl2N4O2. The topological polar surface area (TPSA) is 67.2 Å². The lowest BCUT2D eigenvalue weighted by Gasteiger charge is -2.28. The molecular weight excluding hydrogens is 351 g/mol. The SMILES string of the molecule is Cn1nc2c(cc1=O)CN(C(=O)NCc1ccc(Cl)c(Cl)c1)CC2. The maximum Gasteiger partial charge on any atom is 0.317 e. The number of rotatable bonds is 2. The minimum atomic E-state index is -0.188. The fourth-order valence-corrected chi connectivity index (χ4v) is 2.93. The van der Waals surface area contributed by atoms with Crippen LogP contribution >= 0.6 is 23.2 Å². The van der Waals surface area contributed by atoms with Gasteiger partial charge in [-0.05, 0) is 17.7 Å². The molecule has 0 atom stereocenters. The largest absolute Gasteiger partial charge is 0.334 e. The van der Waals surface area contributed by atoms with E-state index in [1.165, 1.54) is 4.68 Å². The third kappa shape index (κ3) is 3.55. The van der Waals surface area contributed by atoms with E-state index in [4.69, 9.17) is 23.2 Å². The molecule has 126 valence electrons. The van der Waals surface area contributed by atoms with Crippen LogP contribution in [0.2, 0.25) is 10.0 Å². The van der Waals surface area contributed by atoms with Crippen LogP contribution in [0, 0.1) is 0 Å². The predicted octanol–water partition coefficient (Wildman–Crippen LogP) is 2.36. The number of urea groups is 1. The Kier molecular flexibility index (Phi) is 4.78. The Labute approximate surface area is 149 Å². The van der Waals surface area contributed by atoms with Crippen molar-refractivity contribution in [2.75, 3.05) is 6.54 Å². The maximum absolute atomic E-state index is 12.3. The molecule has 2 amide bonds. The number of carbonyl (C=O) groups excluding carboxylic acids is 1. The number of nitrogens with one attached hydrogen (secondary N) is 1. The summed E-state index contributed by atoms with van der Waals surface area (Å²) in [6, 6.07) is 6.59. The molecule has 1 aliphatic heterocycles. The van der Waals surface area contributed by atoms with Gasteiger partial charge >= 0.3 is 6.03 Å². The Hall–Kier alpha value is -2.05. The molecule has 1 aliphatic rings. The van der Waals surface area contributed by atoms with Crippen LogP contribution in [0.1, 0.15) is 16.8 Å². The van der Waals surface area contributed by atoms with E-state index in [-0.39, 0.29) is 11.6 Å². The van der Waals surface area contributed by atoms with Gasteiger partial charge < -0.3 is 10.2 Å². The fraction of sp³-hybridized carbons (Fsp3) is 0.312. The zero-order valence-corrected chi connectivity index (χ0v) is 14.6. The van der Waals surface area contributed by atoms with Crippen molar-refractivity contribution in [3.8, 4) is 0 Å². The smallest absolute Gasteiger partial charge is 0.317 e. The van der Waals surface area contributed by atoms with Crippen LogP contribution in [0.4, 0.5) is 4.79 Å². The van der Waals surface area contributed by atoms with Gasteiger partial charge in [-0.25, -0.2) is 9.48 Å². The summed E-state index contributed by atoms with van der Waals surface area (Å²) in [5.74, 6) is 0.